The highest BCUT2D eigenvalue weighted by atomic mass is 16.2. The van der Waals surface area contributed by atoms with Crippen LogP contribution in [0.25, 0.3) is 0 Å². The maximum absolute atomic E-state index is 13.3. The van der Waals surface area contributed by atoms with Gasteiger partial charge in [-0.1, -0.05) is 13.8 Å². The van der Waals surface area contributed by atoms with Gasteiger partial charge in [0.1, 0.15) is 0 Å². The van der Waals surface area contributed by atoms with E-state index in [-0.39, 0.29) is 11.7 Å². The van der Waals surface area contributed by atoms with Gasteiger partial charge in [0.2, 0.25) is 0 Å². The highest BCUT2D eigenvalue weighted by molar-refractivity contribution is 6.02. The molecule has 2 heterocycles. The largest absolute Gasteiger partial charge is 0.355 e. The van der Waals surface area contributed by atoms with Crippen LogP contribution in [0, 0.1) is 25.7 Å². The summed E-state index contributed by atoms with van der Waals surface area (Å²) < 4.78 is 0. The van der Waals surface area contributed by atoms with Crippen molar-refractivity contribution >= 4 is 11.7 Å². The number of Topliss-reactive ketones (excluding diaryl/α,β-unsaturated/α-hetero) is 1. The smallest absolute Gasteiger partial charge is 0.256 e. The molecule has 5 heteroatoms. The molecule has 1 aliphatic heterocycles. The number of nitrogens with one attached hydrogen (secondary N) is 1. The molecule has 26 heavy (non-hydrogen) atoms. The van der Waals surface area contributed by atoms with E-state index in [1.165, 1.54) is 19.4 Å². The molecule has 1 aromatic heterocycles. The van der Waals surface area contributed by atoms with Gasteiger partial charge in [-0.2, -0.15) is 0 Å². The Bertz CT molecular complexity index is 688. The number of aromatic amines is 1. The van der Waals surface area contributed by atoms with Crippen molar-refractivity contribution in [2.75, 3.05) is 26.2 Å². The molecular weight excluding hydrogens is 326 g/mol. The SMILES string of the molecule is CC(=O)c1[nH]c(C)c(C(=O)N2CCCN(CC3CC3)[C@@H](C(C)C)C2)c1C. The standard InChI is InChI=1S/C21H33N3O2/c1-13(2)18-12-24(10-6-9-23(18)11-17-7-8-17)21(26)19-14(3)20(16(5)25)22-15(19)4/h13,17-18,22H,6-12H2,1-5H3/t18-/m1/s1. The van der Waals surface area contributed by atoms with Gasteiger partial charge in [-0.05, 0) is 50.5 Å². The molecule has 1 aliphatic carbocycles. The molecule has 0 bridgehead atoms. The zero-order valence-electron chi connectivity index (χ0n) is 16.9. The second-order valence-corrected chi connectivity index (χ2v) is 8.54. The lowest BCUT2D eigenvalue weighted by Crippen LogP contribution is -2.46. The normalized spacial score (nSPS) is 21.9. The molecular formula is C21H33N3O2. The number of rotatable bonds is 5. The van der Waals surface area contributed by atoms with E-state index < -0.39 is 0 Å². The summed E-state index contributed by atoms with van der Waals surface area (Å²) in [7, 11) is 0. The summed E-state index contributed by atoms with van der Waals surface area (Å²) in [5.41, 5.74) is 2.85. The number of aromatic nitrogens is 1. The zero-order chi connectivity index (χ0) is 19.0. The minimum atomic E-state index is -0.0174. The lowest BCUT2D eigenvalue weighted by Gasteiger charge is -2.34. The zero-order valence-corrected chi connectivity index (χ0v) is 16.9. The first-order chi connectivity index (χ1) is 12.3. The first-order valence-electron chi connectivity index (χ1n) is 10.0. The van der Waals surface area contributed by atoms with E-state index in [4.69, 9.17) is 0 Å². The fourth-order valence-electron chi connectivity index (χ4n) is 4.32. The number of hydrogen-bond donors (Lipinski definition) is 1. The van der Waals surface area contributed by atoms with Gasteiger partial charge in [0.15, 0.2) is 5.78 Å². The fraction of sp³-hybridized carbons (Fsp3) is 0.714. The molecule has 0 spiro atoms. The summed E-state index contributed by atoms with van der Waals surface area (Å²) in [6.45, 7) is 13.7. The molecule has 1 N–H and O–H groups in total. The van der Waals surface area contributed by atoms with Crippen LogP contribution in [0.1, 0.15) is 72.1 Å². The van der Waals surface area contributed by atoms with E-state index >= 15 is 0 Å². The minimum absolute atomic E-state index is 0.0174. The van der Waals surface area contributed by atoms with Crippen molar-refractivity contribution in [1.82, 2.24) is 14.8 Å². The first kappa shape index (κ1) is 19.2. The third-order valence-corrected chi connectivity index (χ3v) is 6.00. The molecule has 2 fully saturated rings. The predicted octanol–water partition coefficient (Wildman–Crippen LogP) is 3.42. The van der Waals surface area contributed by atoms with E-state index in [1.54, 1.807) is 6.92 Å². The molecule has 1 amide bonds. The number of carbonyl (C=O) groups excluding carboxylic acids is 2. The van der Waals surface area contributed by atoms with Gasteiger partial charge < -0.3 is 9.88 Å². The molecule has 1 atom stereocenters. The average Bonchev–Trinajstić information content (AvgIpc) is 3.35. The molecule has 0 unspecified atom stereocenters. The number of carbonyl (C=O) groups is 2. The topological polar surface area (TPSA) is 56.4 Å². The van der Waals surface area contributed by atoms with Crippen molar-refractivity contribution < 1.29 is 9.59 Å². The summed E-state index contributed by atoms with van der Waals surface area (Å²) in [5, 5.41) is 0. The summed E-state index contributed by atoms with van der Waals surface area (Å²) >= 11 is 0. The maximum Gasteiger partial charge on any atom is 0.256 e. The lowest BCUT2D eigenvalue weighted by molar-refractivity contribution is 0.0703. The Hall–Kier alpha value is -1.62. The Morgan fingerprint density at radius 1 is 1.19 bits per heavy atom. The lowest BCUT2D eigenvalue weighted by atomic mass is 10.0. The van der Waals surface area contributed by atoms with Crippen LogP contribution in [-0.4, -0.2) is 58.7 Å². The summed E-state index contributed by atoms with van der Waals surface area (Å²) in [4.78, 5) is 32.9. The average molecular weight is 360 g/mol. The van der Waals surface area contributed by atoms with E-state index in [0.717, 1.165) is 43.2 Å². The molecule has 0 aromatic carbocycles. The van der Waals surface area contributed by atoms with E-state index in [2.05, 4.69) is 23.7 Å². The van der Waals surface area contributed by atoms with Crippen LogP contribution >= 0.6 is 0 Å². The third kappa shape index (κ3) is 3.88. The van der Waals surface area contributed by atoms with Crippen LogP contribution in [-0.2, 0) is 0 Å². The number of nitrogens with zero attached hydrogens (tertiary/aromatic N) is 2. The first-order valence-corrected chi connectivity index (χ1v) is 10.0. The molecule has 1 saturated carbocycles. The summed E-state index contributed by atoms with van der Waals surface area (Å²) in [6.07, 6.45) is 3.74. The van der Waals surface area contributed by atoms with Gasteiger partial charge in [-0.25, -0.2) is 0 Å². The highest BCUT2D eigenvalue weighted by Gasteiger charge is 2.34. The fourth-order valence-corrected chi connectivity index (χ4v) is 4.32. The molecule has 2 aliphatic rings. The molecule has 0 radical (unpaired) electrons. The summed E-state index contributed by atoms with van der Waals surface area (Å²) in [5.74, 6) is 1.44. The van der Waals surface area contributed by atoms with E-state index in [9.17, 15) is 9.59 Å². The number of H-pyrrole nitrogens is 1. The maximum atomic E-state index is 13.3. The van der Waals surface area contributed by atoms with Crippen molar-refractivity contribution in [2.24, 2.45) is 11.8 Å². The molecule has 1 saturated heterocycles. The quantitative estimate of drug-likeness (QED) is 0.820. The van der Waals surface area contributed by atoms with Crippen LogP contribution in [0.4, 0.5) is 0 Å². The van der Waals surface area contributed by atoms with Gasteiger partial charge in [0, 0.05) is 44.8 Å². The van der Waals surface area contributed by atoms with Crippen molar-refractivity contribution in [3.05, 3.63) is 22.5 Å². The number of aryl methyl sites for hydroxylation is 1. The molecule has 5 nitrogen and oxygen atoms in total. The van der Waals surface area contributed by atoms with Gasteiger partial charge >= 0.3 is 0 Å². The minimum Gasteiger partial charge on any atom is -0.355 e. The van der Waals surface area contributed by atoms with Crippen molar-refractivity contribution in [2.45, 2.75) is 59.9 Å². The number of amides is 1. The second-order valence-electron chi connectivity index (χ2n) is 8.54. The number of hydrogen-bond acceptors (Lipinski definition) is 3. The van der Waals surface area contributed by atoms with E-state index in [1.807, 2.05) is 18.7 Å². The van der Waals surface area contributed by atoms with Crippen LogP contribution in [0.5, 0.6) is 0 Å². The third-order valence-electron chi connectivity index (χ3n) is 6.00. The Kier molecular flexibility index (Phi) is 5.56. The Labute approximate surface area is 157 Å². The van der Waals surface area contributed by atoms with Crippen molar-refractivity contribution in [3.63, 3.8) is 0 Å². The van der Waals surface area contributed by atoms with Gasteiger partial charge in [0.05, 0.1) is 11.3 Å². The van der Waals surface area contributed by atoms with Gasteiger partial charge in [0.25, 0.3) is 5.91 Å². The molecule has 1 aromatic rings. The van der Waals surface area contributed by atoms with Gasteiger partial charge in [-0.3, -0.25) is 14.5 Å². The second kappa shape index (κ2) is 7.55. The van der Waals surface area contributed by atoms with Crippen LogP contribution < -0.4 is 0 Å². The molecule has 3 rings (SSSR count). The predicted molar refractivity (Wildman–Crippen MR) is 104 cm³/mol. The summed E-state index contributed by atoms with van der Waals surface area (Å²) in [6, 6.07) is 0.411. The van der Waals surface area contributed by atoms with Crippen molar-refractivity contribution in [1.29, 1.82) is 0 Å². The van der Waals surface area contributed by atoms with Crippen LogP contribution in [0.15, 0.2) is 0 Å². The highest BCUT2D eigenvalue weighted by Crippen LogP contribution is 2.32. The van der Waals surface area contributed by atoms with Gasteiger partial charge in [-0.15, -0.1) is 0 Å². The molecule has 144 valence electrons. The van der Waals surface area contributed by atoms with E-state index in [0.29, 0.717) is 23.2 Å². The number of ketones is 1. The van der Waals surface area contributed by atoms with Crippen LogP contribution in [0.3, 0.4) is 0 Å². The monoisotopic (exact) mass is 359 g/mol. The Morgan fingerprint density at radius 3 is 2.42 bits per heavy atom. The van der Waals surface area contributed by atoms with Crippen molar-refractivity contribution in [3.8, 4) is 0 Å². The Morgan fingerprint density at radius 2 is 1.88 bits per heavy atom. The van der Waals surface area contributed by atoms with Crippen LogP contribution in [0.2, 0.25) is 0 Å². The Balaban J connectivity index is 1.82.